The van der Waals surface area contributed by atoms with Crippen LogP contribution in [0.4, 0.5) is 10.8 Å². The number of piperidine rings is 1. The molecular formula is C14H19N3OS. The highest BCUT2D eigenvalue weighted by atomic mass is 32.1. The minimum Gasteiger partial charge on any atom is -0.399 e. The molecule has 1 aliphatic heterocycles. The van der Waals surface area contributed by atoms with Crippen LogP contribution in [0.3, 0.4) is 0 Å². The summed E-state index contributed by atoms with van der Waals surface area (Å²) in [5, 5.41) is 1.11. The van der Waals surface area contributed by atoms with Gasteiger partial charge in [0, 0.05) is 25.4 Å². The van der Waals surface area contributed by atoms with Gasteiger partial charge in [0.25, 0.3) is 0 Å². The van der Waals surface area contributed by atoms with E-state index in [1.54, 1.807) is 11.3 Å². The standard InChI is InChI=1S/C14H19N3OS/c1-2-18-11-5-7-17(8-6-11)14-16-12-4-3-10(15)9-13(12)19-14/h3-4,9,11H,2,5-8,15H2,1H3. The molecule has 2 N–H and O–H groups in total. The van der Waals surface area contributed by atoms with Crippen molar-refractivity contribution in [1.82, 2.24) is 4.98 Å². The molecule has 1 aliphatic rings. The molecule has 0 unspecified atom stereocenters. The second-order valence-electron chi connectivity index (χ2n) is 4.87. The van der Waals surface area contributed by atoms with Gasteiger partial charge >= 0.3 is 0 Å². The van der Waals surface area contributed by atoms with Gasteiger partial charge in [0.05, 0.1) is 16.3 Å². The molecule has 4 nitrogen and oxygen atoms in total. The van der Waals surface area contributed by atoms with Gasteiger partial charge in [-0.05, 0) is 38.0 Å². The molecule has 2 heterocycles. The first-order valence-corrected chi connectivity index (χ1v) is 7.60. The third kappa shape index (κ3) is 2.67. The monoisotopic (exact) mass is 277 g/mol. The molecule has 0 aliphatic carbocycles. The quantitative estimate of drug-likeness (QED) is 0.876. The maximum Gasteiger partial charge on any atom is 0.186 e. The van der Waals surface area contributed by atoms with Gasteiger partial charge in [-0.25, -0.2) is 4.98 Å². The van der Waals surface area contributed by atoms with Crippen LogP contribution in [0.2, 0.25) is 0 Å². The summed E-state index contributed by atoms with van der Waals surface area (Å²) < 4.78 is 6.85. The summed E-state index contributed by atoms with van der Waals surface area (Å²) in [4.78, 5) is 7.05. The number of benzene rings is 1. The Morgan fingerprint density at radius 1 is 1.42 bits per heavy atom. The highest BCUT2D eigenvalue weighted by Gasteiger charge is 2.21. The average molecular weight is 277 g/mol. The first kappa shape index (κ1) is 12.7. The number of nitrogens with two attached hydrogens (primary N) is 1. The van der Waals surface area contributed by atoms with E-state index in [1.165, 1.54) is 4.70 Å². The van der Waals surface area contributed by atoms with Gasteiger partial charge in [0.1, 0.15) is 0 Å². The molecule has 102 valence electrons. The van der Waals surface area contributed by atoms with Crippen molar-refractivity contribution >= 4 is 32.4 Å². The molecule has 1 saturated heterocycles. The summed E-state index contributed by atoms with van der Waals surface area (Å²) in [6, 6.07) is 5.91. The van der Waals surface area contributed by atoms with E-state index in [0.29, 0.717) is 6.10 Å². The fourth-order valence-corrected chi connectivity index (χ4v) is 3.58. The van der Waals surface area contributed by atoms with Gasteiger partial charge in [0.15, 0.2) is 5.13 Å². The Balaban J connectivity index is 1.74. The minimum absolute atomic E-state index is 0.422. The molecule has 0 saturated carbocycles. The summed E-state index contributed by atoms with van der Waals surface area (Å²) in [5.74, 6) is 0. The number of nitrogen functional groups attached to an aromatic ring is 1. The highest BCUT2D eigenvalue weighted by molar-refractivity contribution is 7.22. The summed E-state index contributed by atoms with van der Waals surface area (Å²) in [6.45, 7) is 4.93. The first-order valence-electron chi connectivity index (χ1n) is 6.79. The zero-order valence-corrected chi connectivity index (χ0v) is 11.9. The van der Waals surface area contributed by atoms with E-state index in [4.69, 9.17) is 15.5 Å². The highest BCUT2D eigenvalue weighted by Crippen LogP contribution is 2.31. The molecule has 5 heteroatoms. The first-order chi connectivity index (χ1) is 9.26. The van der Waals surface area contributed by atoms with Crippen LogP contribution in [0.1, 0.15) is 19.8 Å². The Hall–Kier alpha value is -1.33. The molecule has 0 bridgehead atoms. The Kier molecular flexibility index (Phi) is 3.57. The lowest BCUT2D eigenvalue weighted by atomic mass is 10.1. The number of anilines is 2. The zero-order chi connectivity index (χ0) is 13.2. The molecule has 0 atom stereocenters. The van der Waals surface area contributed by atoms with E-state index in [2.05, 4.69) is 11.8 Å². The van der Waals surface area contributed by atoms with E-state index >= 15 is 0 Å². The number of hydrogen-bond acceptors (Lipinski definition) is 5. The summed E-state index contributed by atoms with van der Waals surface area (Å²) >= 11 is 1.73. The summed E-state index contributed by atoms with van der Waals surface area (Å²) in [7, 11) is 0. The van der Waals surface area contributed by atoms with Gasteiger partial charge in [0.2, 0.25) is 0 Å². The maximum atomic E-state index is 5.81. The van der Waals surface area contributed by atoms with Gasteiger partial charge in [-0.15, -0.1) is 0 Å². The summed E-state index contributed by atoms with van der Waals surface area (Å²) in [5.41, 5.74) is 7.66. The number of fused-ring (bicyclic) bond motifs is 1. The molecule has 1 fully saturated rings. The smallest absolute Gasteiger partial charge is 0.186 e. The van der Waals surface area contributed by atoms with Crippen LogP contribution < -0.4 is 10.6 Å². The van der Waals surface area contributed by atoms with Crippen molar-refractivity contribution in [3.05, 3.63) is 18.2 Å². The van der Waals surface area contributed by atoms with Crippen LogP contribution in [0, 0.1) is 0 Å². The molecule has 0 radical (unpaired) electrons. The van der Waals surface area contributed by atoms with Gasteiger partial charge in [-0.3, -0.25) is 0 Å². The third-order valence-corrected chi connectivity index (χ3v) is 4.60. The summed E-state index contributed by atoms with van der Waals surface area (Å²) in [6.07, 6.45) is 2.60. The predicted octanol–water partition coefficient (Wildman–Crippen LogP) is 2.88. The van der Waals surface area contributed by atoms with Crippen molar-refractivity contribution in [3.63, 3.8) is 0 Å². The van der Waals surface area contributed by atoms with Crippen molar-refractivity contribution in [2.24, 2.45) is 0 Å². The van der Waals surface area contributed by atoms with Gasteiger partial charge < -0.3 is 15.4 Å². The third-order valence-electron chi connectivity index (χ3n) is 3.52. The molecular weight excluding hydrogens is 258 g/mol. The molecule has 3 rings (SSSR count). The van der Waals surface area contributed by atoms with Crippen molar-refractivity contribution in [1.29, 1.82) is 0 Å². The Morgan fingerprint density at radius 3 is 2.95 bits per heavy atom. The van der Waals surface area contributed by atoms with Gasteiger partial charge in [-0.1, -0.05) is 11.3 Å². The number of rotatable bonds is 3. The lowest BCUT2D eigenvalue weighted by Crippen LogP contribution is -2.36. The molecule has 19 heavy (non-hydrogen) atoms. The molecule has 1 aromatic carbocycles. The predicted molar refractivity (Wildman–Crippen MR) is 80.9 cm³/mol. The largest absolute Gasteiger partial charge is 0.399 e. The van der Waals surface area contributed by atoms with Crippen molar-refractivity contribution < 1.29 is 4.74 Å². The lowest BCUT2D eigenvalue weighted by Gasteiger charge is -2.31. The Bertz CT molecular complexity index is 561. The normalized spacial score (nSPS) is 17.2. The number of ether oxygens (including phenoxy) is 1. The van der Waals surface area contributed by atoms with E-state index < -0.39 is 0 Å². The number of thiazole rings is 1. The van der Waals surface area contributed by atoms with Crippen LogP contribution in [-0.2, 0) is 4.74 Å². The Labute approximate surface area is 117 Å². The maximum absolute atomic E-state index is 5.81. The van der Waals surface area contributed by atoms with Crippen LogP contribution in [0.15, 0.2) is 18.2 Å². The van der Waals surface area contributed by atoms with Gasteiger partial charge in [-0.2, -0.15) is 0 Å². The van der Waals surface area contributed by atoms with Crippen LogP contribution in [-0.4, -0.2) is 30.8 Å². The number of nitrogens with zero attached hydrogens (tertiary/aromatic N) is 2. The van der Waals surface area contributed by atoms with E-state index in [1.807, 2.05) is 18.2 Å². The SMILES string of the molecule is CCOC1CCN(c2nc3ccc(N)cc3s2)CC1. The Morgan fingerprint density at radius 2 is 2.21 bits per heavy atom. The average Bonchev–Trinajstić information content (AvgIpc) is 2.83. The molecule has 2 aromatic rings. The number of hydrogen-bond donors (Lipinski definition) is 1. The second kappa shape index (κ2) is 5.35. The fraction of sp³-hybridized carbons (Fsp3) is 0.500. The molecule has 0 amide bonds. The van der Waals surface area contributed by atoms with E-state index in [9.17, 15) is 0 Å². The molecule has 0 spiro atoms. The molecule has 1 aromatic heterocycles. The van der Waals surface area contributed by atoms with Crippen molar-refractivity contribution in [2.75, 3.05) is 30.3 Å². The van der Waals surface area contributed by atoms with E-state index in [0.717, 1.165) is 48.9 Å². The van der Waals surface area contributed by atoms with Crippen LogP contribution >= 0.6 is 11.3 Å². The van der Waals surface area contributed by atoms with Crippen molar-refractivity contribution in [2.45, 2.75) is 25.9 Å². The zero-order valence-electron chi connectivity index (χ0n) is 11.1. The number of aromatic nitrogens is 1. The van der Waals surface area contributed by atoms with E-state index in [-0.39, 0.29) is 0 Å². The van der Waals surface area contributed by atoms with Crippen LogP contribution in [0.25, 0.3) is 10.2 Å². The minimum atomic E-state index is 0.422. The van der Waals surface area contributed by atoms with Crippen LogP contribution in [0.5, 0.6) is 0 Å². The van der Waals surface area contributed by atoms with Crippen molar-refractivity contribution in [3.8, 4) is 0 Å². The topological polar surface area (TPSA) is 51.4 Å². The lowest BCUT2D eigenvalue weighted by molar-refractivity contribution is 0.0459. The fourth-order valence-electron chi connectivity index (χ4n) is 2.51. The second-order valence-corrected chi connectivity index (χ2v) is 5.87.